The Morgan fingerprint density at radius 1 is 1.04 bits per heavy atom. The van der Waals surface area contributed by atoms with Crippen molar-refractivity contribution in [2.45, 2.75) is 0 Å². The minimum Gasteiger partial charge on any atom is -0.497 e. The number of likely N-dealkylation sites (N-methyl/N-ethyl adjacent to an activating group) is 1. The van der Waals surface area contributed by atoms with Gasteiger partial charge in [-0.15, -0.1) is 0 Å². The first-order valence-corrected chi connectivity index (χ1v) is 8.60. The van der Waals surface area contributed by atoms with Crippen LogP contribution in [0.2, 0.25) is 0 Å². The van der Waals surface area contributed by atoms with E-state index in [2.05, 4.69) is 4.90 Å². The van der Waals surface area contributed by atoms with Crippen molar-refractivity contribution in [2.24, 2.45) is 0 Å². The molecule has 1 aliphatic heterocycles. The summed E-state index contributed by atoms with van der Waals surface area (Å²) in [6, 6.07) is 12.3. The first kappa shape index (κ1) is 17.9. The molecule has 0 atom stereocenters. The number of rotatable bonds is 4. The molecule has 1 fully saturated rings. The van der Waals surface area contributed by atoms with Crippen LogP contribution >= 0.6 is 0 Å². The van der Waals surface area contributed by atoms with E-state index in [1.807, 2.05) is 31.3 Å². The van der Waals surface area contributed by atoms with E-state index in [-0.39, 0.29) is 11.5 Å². The Bertz CT molecular complexity index is 847. The van der Waals surface area contributed by atoms with E-state index in [0.29, 0.717) is 18.8 Å². The molecule has 0 saturated carbocycles. The molecule has 1 saturated heterocycles. The average Bonchev–Trinajstić information content (AvgIpc) is 2.67. The number of amides is 1. The van der Waals surface area contributed by atoms with Crippen molar-refractivity contribution in [3.05, 3.63) is 64.6 Å². The number of aromatic nitrogens is 1. The first-order valence-electron chi connectivity index (χ1n) is 8.60. The second-order valence-corrected chi connectivity index (χ2v) is 6.31. The second kappa shape index (κ2) is 8.01. The molecule has 0 aliphatic carbocycles. The van der Waals surface area contributed by atoms with E-state index in [9.17, 15) is 9.59 Å². The van der Waals surface area contributed by atoms with Gasteiger partial charge < -0.3 is 14.5 Å². The molecule has 1 aromatic carbocycles. The lowest BCUT2D eigenvalue weighted by Gasteiger charge is -2.33. The van der Waals surface area contributed by atoms with Gasteiger partial charge in [-0.05, 0) is 36.9 Å². The van der Waals surface area contributed by atoms with Crippen molar-refractivity contribution < 1.29 is 9.53 Å². The highest BCUT2D eigenvalue weighted by atomic mass is 16.5. The molecular formula is C20H23N3O3. The highest BCUT2D eigenvalue weighted by molar-refractivity contribution is 6.18. The largest absolute Gasteiger partial charge is 0.497 e. The van der Waals surface area contributed by atoms with E-state index < -0.39 is 0 Å². The second-order valence-electron chi connectivity index (χ2n) is 6.31. The van der Waals surface area contributed by atoms with Crippen LogP contribution < -0.4 is 10.3 Å². The zero-order valence-electron chi connectivity index (χ0n) is 15.1. The third-order valence-corrected chi connectivity index (χ3v) is 4.51. The average molecular weight is 353 g/mol. The Labute approximate surface area is 152 Å². The van der Waals surface area contributed by atoms with E-state index in [1.165, 1.54) is 10.6 Å². The molecular weight excluding hydrogens is 330 g/mol. The van der Waals surface area contributed by atoms with Crippen molar-refractivity contribution in [1.82, 2.24) is 14.4 Å². The molecule has 1 amide bonds. The van der Waals surface area contributed by atoms with Gasteiger partial charge >= 0.3 is 0 Å². The molecule has 0 N–H and O–H groups in total. The number of methoxy groups -OCH3 is 1. The molecule has 3 rings (SSSR count). The van der Waals surface area contributed by atoms with E-state index in [1.54, 1.807) is 36.4 Å². The van der Waals surface area contributed by atoms with E-state index in [4.69, 9.17) is 4.74 Å². The molecule has 6 heteroatoms. The van der Waals surface area contributed by atoms with Gasteiger partial charge in [0, 0.05) is 38.4 Å². The molecule has 0 radical (unpaired) electrons. The molecule has 26 heavy (non-hydrogen) atoms. The summed E-state index contributed by atoms with van der Waals surface area (Å²) < 4.78 is 6.58. The number of piperazine rings is 1. The van der Waals surface area contributed by atoms with Gasteiger partial charge in [-0.3, -0.25) is 14.2 Å². The monoisotopic (exact) mass is 353 g/mol. The third-order valence-electron chi connectivity index (χ3n) is 4.51. The van der Waals surface area contributed by atoms with Crippen molar-refractivity contribution in [3.63, 3.8) is 0 Å². The van der Waals surface area contributed by atoms with Crippen LogP contribution in [-0.2, 0) is 4.79 Å². The van der Waals surface area contributed by atoms with Crippen molar-refractivity contribution >= 4 is 17.7 Å². The number of pyridine rings is 1. The number of nitrogens with zero attached hydrogens (tertiary/aromatic N) is 3. The summed E-state index contributed by atoms with van der Waals surface area (Å²) in [6.45, 7) is 2.95. The van der Waals surface area contributed by atoms with Crippen molar-refractivity contribution in [1.29, 1.82) is 0 Å². The van der Waals surface area contributed by atoms with Crippen LogP contribution in [0.25, 0.3) is 11.8 Å². The van der Waals surface area contributed by atoms with Gasteiger partial charge in [-0.1, -0.05) is 18.2 Å². The highest BCUT2D eigenvalue weighted by Crippen LogP contribution is 2.17. The molecule has 0 unspecified atom stereocenters. The summed E-state index contributed by atoms with van der Waals surface area (Å²) >= 11 is 0. The van der Waals surface area contributed by atoms with Crippen LogP contribution in [0, 0.1) is 0 Å². The van der Waals surface area contributed by atoms with Crippen LogP contribution in [-0.4, -0.2) is 60.6 Å². The quantitative estimate of drug-likeness (QED) is 0.784. The predicted molar refractivity (Wildman–Crippen MR) is 102 cm³/mol. The maximum absolute atomic E-state index is 13.1. The van der Waals surface area contributed by atoms with Gasteiger partial charge in [0.15, 0.2) is 0 Å². The molecule has 0 spiro atoms. The lowest BCUT2D eigenvalue weighted by atomic mass is 10.1. The Balaban J connectivity index is 1.98. The minimum atomic E-state index is -0.227. The molecule has 1 aromatic heterocycles. The molecule has 2 heterocycles. The Hall–Kier alpha value is -2.86. The fourth-order valence-corrected chi connectivity index (χ4v) is 2.89. The highest BCUT2D eigenvalue weighted by Gasteiger charge is 2.23. The number of hydrogen-bond donors (Lipinski definition) is 0. The first-order chi connectivity index (χ1) is 12.6. The maximum atomic E-state index is 13.1. The van der Waals surface area contributed by atoms with Crippen LogP contribution in [0.15, 0.2) is 53.5 Å². The number of carbonyl (C=O) groups is 1. The Morgan fingerprint density at radius 2 is 1.73 bits per heavy atom. The SMILES string of the molecule is COc1ccc(/C=C(\C(=O)N2CCN(C)CC2)n2ccccc2=O)cc1. The summed E-state index contributed by atoms with van der Waals surface area (Å²) in [5, 5.41) is 0. The van der Waals surface area contributed by atoms with Crippen molar-refractivity contribution in [2.75, 3.05) is 40.3 Å². The molecule has 136 valence electrons. The zero-order valence-corrected chi connectivity index (χ0v) is 15.1. The lowest BCUT2D eigenvalue weighted by Crippen LogP contribution is -2.48. The minimum absolute atomic E-state index is 0.137. The smallest absolute Gasteiger partial charge is 0.271 e. The van der Waals surface area contributed by atoms with E-state index in [0.717, 1.165) is 24.4 Å². The molecule has 0 bridgehead atoms. The Kier molecular flexibility index (Phi) is 5.53. The van der Waals surface area contributed by atoms with Crippen LogP contribution in [0.4, 0.5) is 0 Å². The summed E-state index contributed by atoms with van der Waals surface area (Å²) in [6.07, 6.45) is 3.38. The number of benzene rings is 1. The van der Waals surface area contributed by atoms with Gasteiger partial charge in [0.05, 0.1) is 7.11 Å². The van der Waals surface area contributed by atoms with E-state index >= 15 is 0 Å². The summed E-state index contributed by atoms with van der Waals surface area (Å²) in [5.41, 5.74) is 0.957. The van der Waals surface area contributed by atoms with Gasteiger partial charge in [0.25, 0.3) is 11.5 Å². The Morgan fingerprint density at radius 3 is 2.35 bits per heavy atom. The molecule has 1 aliphatic rings. The number of ether oxygens (including phenoxy) is 1. The maximum Gasteiger partial charge on any atom is 0.271 e. The topological polar surface area (TPSA) is 54.8 Å². The number of hydrogen-bond acceptors (Lipinski definition) is 4. The fourth-order valence-electron chi connectivity index (χ4n) is 2.89. The van der Waals surface area contributed by atoms with Crippen LogP contribution in [0.3, 0.4) is 0 Å². The standard InChI is InChI=1S/C20H23N3O3/c1-21-11-13-22(14-12-21)20(25)18(23-10-4-3-5-19(23)24)15-16-6-8-17(26-2)9-7-16/h3-10,15H,11-14H2,1-2H3/b18-15+. The van der Waals surface area contributed by atoms with Crippen molar-refractivity contribution in [3.8, 4) is 5.75 Å². The summed E-state index contributed by atoms with van der Waals surface area (Å²) in [4.78, 5) is 29.4. The lowest BCUT2D eigenvalue weighted by molar-refractivity contribution is -0.126. The molecule has 2 aromatic rings. The van der Waals surface area contributed by atoms with Crippen LogP contribution in [0.5, 0.6) is 5.75 Å². The van der Waals surface area contributed by atoms with Gasteiger partial charge in [-0.2, -0.15) is 0 Å². The van der Waals surface area contributed by atoms with Gasteiger partial charge in [-0.25, -0.2) is 0 Å². The summed E-state index contributed by atoms with van der Waals surface area (Å²) in [5.74, 6) is 0.605. The van der Waals surface area contributed by atoms with Gasteiger partial charge in [0.1, 0.15) is 11.4 Å². The normalized spacial score (nSPS) is 15.8. The summed E-state index contributed by atoms with van der Waals surface area (Å²) in [7, 11) is 3.65. The fraction of sp³-hybridized carbons (Fsp3) is 0.300. The molecule has 6 nitrogen and oxygen atoms in total. The van der Waals surface area contributed by atoms with Crippen LogP contribution in [0.1, 0.15) is 5.56 Å². The number of carbonyl (C=O) groups excluding carboxylic acids is 1. The van der Waals surface area contributed by atoms with Gasteiger partial charge in [0.2, 0.25) is 0 Å². The third kappa shape index (κ3) is 4.03. The predicted octanol–water partition coefficient (Wildman–Crippen LogP) is 1.63. The zero-order chi connectivity index (χ0) is 18.5.